The van der Waals surface area contributed by atoms with Gasteiger partial charge in [0.05, 0.1) is 5.56 Å². The number of rotatable bonds is 7. The first-order chi connectivity index (χ1) is 9.06. The molecule has 0 bridgehead atoms. The Morgan fingerprint density at radius 2 is 2.21 bits per heavy atom. The molecular formula is C15H21NO3. The zero-order valence-electron chi connectivity index (χ0n) is 11.5. The Hall–Kier alpha value is -1.55. The van der Waals surface area contributed by atoms with E-state index in [1.165, 1.54) is 12.8 Å². The molecular weight excluding hydrogens is 242 g/mol. The largest absolute Gasteiger partial charge is 0.478 e. The zero-order chi connectivity index (χ0) is 13.9. The Labute approximate surface area is 113 Å². The van der Waals surface area contributed by atoms with Crippen molar-refractivity contribution in [3.8, 4) is 0 Å². The number of aryl methyl sites for hydroxylation is 1. The lowest BCUT2D eigenvalue weighted by atomic mass is 10.0. The number of carbonyl (C=O) groups is 1. The maximum atomic E-state index is 11.2. The Bertz CT molecular complexity index is 466. The number of ether oxygens (including phenoxy) is 1. The molecule has 1 fully saturated rings. The molecule has 19 heavy (non-hydrogen) atoms. The number of methoxy groups -OCH3 is 1. The number of carboxylic acid groups (broad SMARTS) is 1. The second-order valence-electron chi connectivity index (χ2n) is 5.45. The molecule has 0 amide bonds. The summed E-state index contributed by atoms with van der Waals surface area (Å²) in [5.41, 5.74) is 2.42. The van der Waals surface area contributed by atoms with Gasteiger partial charge in [0.2, 0.25) is 0 Å². The third kappa shape index (κ3) is 3.47. The van der Waals surface area contributed by atoms with Crippen LogP contribution in [-0.2, 0) is 4.74 Å². The van der Waals surface area contributed by atoms with Crippen LogP contribution in [-0.4, -0.2) is 31.3 Å². The van der Waals surface area contributed by atoms with Crippen molar-refractivity contribution in [3.63, 3.8) is 0 Å². The van der Waals surface area contributed by atoms with Crippen LogP contribution in [0.1, 0.15) is 35.2 Å². The van der Waals surface area contributed by atoms with Crippen molar-refractivity contribution in [2.45, 2.75) is 26.2 Å². The molecule has 2 rings (SSSR count). The summed E-state index contributed by atoms with van der Waals surface area (Å²) in [5, 5.41) is 12.5. The standard InChI is InChI=1S/C15H21NO3/c1-11-3-4-12(14(17)18)13(9-11)16-10-15(5-6-15)7-8-19-2/h3-4,9,16H,5-8,10H2,1-2H3,(H,17,18). The van der Waals surface area contributed by atoms with E-state index in [1.807, 2.05) is 19.1 Å². The fraction of sp³-hybridized carbons (Fsp3) is 0.533. The monoisotopic (exact) mass is 263 g/mol. The van der Waals surface area contributed by atoms with Gasteiger partial charge in [0.15, 0.2) is 0 Å². The van der Waals surface area contributed by atoms with Crippen LogP contribution in [0.5, 0.6) is 0 Å². The summed E-state index contributed by atoms with van der Waals surface area (Å²) in [6.45, 7) is 3.55. The van der Waals surface area contributed by atoms with E-state index in [0.29, 0.717) is 11.0 Å². The van der Waals surface area contributed by atoms with Crippen LogP contribution in [0.4, 0.5) is 5.69 Å². The van der Waals surface area contributed by atoms with Gasteiger partial charge in [-0.05, 0) is 49.3 Å². The molecule has 1 aliphatic carbocycles. The van der Waals surface area contributed by atoms with E-state index in [1.54, 1.807) is 13.2 Å². The van der Waals surface area contributed by atoms with Crippen LogP contribution in [0.25, 0.3) is 0 Å². The number of carboxylic acids is 1. The molecule has 0 spiro atoms. The Morgan fingerprint density at radius 3 is 2.79 bits per heavy atom. The Morgan fingerprint density at radius 1 is 1.47 bits per heavy atom. The van der Waals surface area contributed by atoms with Crippen LogP contribution in [0.2, 0.25) is 0 Å². The quantitative estimate of drug-likeness (QED) is 0.794. The summed E-state index contributed by atoms with van der Waals surface area (Å²) in [4.78, 5) is 11.2. The maximum absolute atomic E-state index is 11.2. The van der Waals surface area contributed by atoms with Crippen molar-refractivity contribution in [3.05, 3.63) is 29.3 Å². The lowest BCUT2D eigenvalue weighted by Gasteiger charge is -2.18. The summed E-state index contributed by atoms with van der Waals surface area (Å²) in [7, 11) is 1.71. The second-order valence-corrected chi connectivity index (χ2v) is 5.45. The average molecular weight is 263 g/mol. The molecule has 1 saturated carbocycles. The molecule has 4 nitrogen and oxygen atoms in total. The van der Waals surface area contributed by atoms with Gasteiger partial charge in [-0.25, -0.2) is 4.79 Å². The summed E-state index contributed by atoms with van der Waals surface area (Å²) >= 11 is 0. The van der Waals surface area contributed by atoms with Crippen molar-refractivity contribution >= 4 is 11.7 Å². The zero-order valence-corrected chi connectivity index (χ0v) is 11.5. The SMILES string of the molecule is COCCC1(CNc2cc(C)ccc2C(=O)O)CC1. The molecule has 0 radical (unpaired) electrons. The normalized spacial score (nSPS) is 16.1. The van der Waals surface area contributed by atoms with Gasteiger partial charge in [0.1, 0.15) is 0 Å². The van der Waals surface area contributed by atoms with Gasteiger partial charge < -0.3 is 15.2 Å². The third-order valence-electron chi connectivity index (χ3n) is 3.85. The summed E-state index contributed by atoms with van der Waals surface area (Å²) in [5.74, 6) is -0.885. The number of hydrogen-bond acceptors (Lipinski definition) is 3. The highest BCUT2D eigenvalue weighted by Crippen LogP contribution is 2.48. The lowest BCUT2D eigenvalue weighted by molar-refractivity contribution is 0.0698. The molecule has 1 aromatic carbocycles. The van der Waals surface area contributed by atoms with Crippen molar-refractivity contribution in [2.24, 2.45) is 5.41 Å². The van der Waals surface area contributed by atoms with Crippen molar-refractivity contribution < 1.29 is 14.6 Å². The molecule has 0 heterocycles. The number of benzene rings is 1. The van der Waals surface area contributed by atoms with Gasteiger partial charge in [-0.2, -0.15) is 0 Å². The fourth-order valence-corrected chi connectivity index (χ4v) is 2.28. The van der Waals surface area contributed by atoms with Gasteiger partial charge in [0, 0.05) is 25.9 Å². The van der Waals surface area contributed by atoms with E-state index in [0.717, 1.165) is 30.8 Å². The summed E-state index contributed by atoms with van der Waals surface area (Å²) in [6, 6.07) is 5.39. The van der Waals surface area contributed by atoms with Crippen LogP contribution in [0.15, 0.2) is 18.2 Å². The highest BCUT2D eigenvalue weighted by atomic mass is 16.5. The molecule has 1 aliphatic rings. The Balaban J connectivity index is 2.03. The van der Waals surface area contributed by atoms with Crippen LogP contribution < -0.4 is 5.32 Å². The molecule has 1 aromatic rings. The van der Waals surface area contributed by atoms with Crippen molar-refractivity contribution in [1.29, 1.82) is 0 Å². The molecule has 0 unspecified atom stereocenters. The van der Waals surface area contributed by atoms with E-state index in [4.69, 9.17) is 4.74 Å². The maximum Gasteiger partial charge on any atom is 0.337 e. The molecule has 0 atom stereocenters. The summed E-state index contributed by atoms with van der Waals surface area (Å²) in [6.07, 6.45) is 3.42. The minimum Gasteiger partial charge on any atom is -0.478 e. The summed E-state index contributed by atoms with van der Waals surface area (Å²) < 4.78 is 5.13. The second kappa shape index (κ2) is 5.61. The first-order valence-corrected chi connectivity index (χ1v) is 6.63. The van der Waals surface area contributed by atoms with Crippen LogP contribution in [0.3, 0.4) is 0 Å². The van der Waals surface area contributed by atoms with E-state index in [-0.39, 0.29) is 0 Å². The van der Waals surface area contributed by atoms with E-state index in [2.05, 4.69) is 5.32 Å². The van der Waals surface area contributed by atoms with Gasteiger partial charge >= 0.3 is 5.97 Å². The molecule has 104 valence electrons. The fourth-order valence-electron chi connectivity index (χ4n) is 2.28. The van der Waals surface area contributed by atoms with Crippen molar-refractivity contribution in [2.75, 3.05) is 25.6 Å². The predicted octanol–water partition coefficient (Wildman–Crippen LogP) is 2.92. The average Bonchev–Trinajstić information content (AvgIpc) is 3.14. The molecule has 0 saturated heterocycles. The van der Waals surface area contributed by atoms with Crippen molar-refractivity contribution in [1.82, 2.24) is 0 Å². The first kappa shape index (κ1) is 13.9. The smallest absolute Gasteiger partial charge is 0.337 e. The van der Waals surface area contributed by atoms with Gasteiger partial charge in [-0.15, -0.1) is 0 Å². The predicted molar refractivity (Wildman–Crippen MR) is 74.8 cm³/mol. The molecule has 4 heteroatoms. The van der Waals surface area contributed by atoms with E-state index < -0.39 is 5.97 Å². The number of anilines is 1. The number of aromatic carboxylic acids is 1. The van der Waals surface area contributed by atoms with Gasteiger partial charge in [-0.3, -0.25) is 0 Å². The highest BCUT2D eigenvalue weighted by Gasteiger charge is 2.41. The van der Waals surface area contributed by atoms with Gasteiger partial charge in [0.25, 0.3) is 0 Å². The minimum absolute atomic E-state index is 0.301. The molecule has 2 N–H and O–H groups in total. The van der Waals surface area contributed by atoms with E-state index in [9.17, 15) is 9.90 Å². The minimum atomic E-state index is -0.885. The molecule has 0 aliphatic heterocycles. The highest BCUT2D eigenvalue weighted by molar-refractivity contribution is 5.94. The van der Waals surface area contributed by atoms with Crippen LogP contribution >= 0.6 is 0 Å². The lowest BCUT2D eigenvalue weighted by Crippen LogP contribution is -2.18. The van der Waals surface area contributed by atoms with Crippen LogP contribution in [0, 0.1) is 12.3 Å². The topological polar surface area (TPSA) is 58.6 Å². The van der Waals surface area contributed by atoms with E-state index >= 15 is 0 Å². The first-order valence-electron chi connectivity index (χ1n) is 6.63. The molecule has 0 aromatic heterocycles. The Kier molecular flexibility index (Phi) is 4.10. The third-order valence-corrected chi connectivity index (χ3v) is 3.85. The number of hydrogen-bond donors (Lipinski definition) is 2. The van der Waals surface area contributed by atoms with Gasteiger partial charge in [-0.1, -0.05) is 6.07 Å². The number of nitrogens with one attached hydrogen (secondary N) is 1.